The summed E-state index contributed by atoms with van der Waals surface area (Å²) in [4.78, 5) is 13.9. The van der Waals surface area contributed by atoms with E-state index in [1.807, 2.05) is 0 Å². The second-order valence-corrected chi connectivity index (χ2v) is 6.09. The lowest BCUT2D eigenvalue weighted by atomic mass is 9.97. The van der Waals surface area contributed by atoms with E-state index in [-0.39, 0.29) is 29.5 Å². The second kappa shape index (κ2) is 5.55. The summed E-state index contributed by atoms with van der Waals surface area (Å²) >= 11 is 5.94. The number of aliphatic hydroxyl groups is 1. The van der Waals surface area contributed by atoms with Gasteiger partial charge >= 0.3 is 0 Å². The lowest BCUT2D eigenvalue weighted by Gasteiger charge is -2.25. The number of hydrogen-bond donors (Lipinski definition) is 1. The summed E-state index contributed by atoms with van der Waals surface area (Å²) in [5.41, 5.74) is -0.429. The molecule has 2 saturated heterocycles. The Kier molecular flexibility index (Phi) is 3.90. The molecule has 114 valence electrons. The molecule has 0 bridgehead atoms. The van der Waals surface area contributed by atoms with Crippen molar-refractivity contribution >= 4 is 17.5 Å². The number of benzene rings is 1. The van der Waals surface area contributed by atoms with Crippen LogP contribution >= 0.6 is 11.6 Å². The molecule has 3 rings (SSSR count). The third kappa shape index (κ3) is 2.65. The number of nitrogens with zero attached hydrogens (tertiary/aromatic N) is 1. The Hall–Kier alpha value is -1.17. The quantitative estimate of drug-likeness (QED) is 0.905. The third-order valence-electron chi connectivity index (χ3n) is 4.34. The standard InChI is InChI=1S/C15H17ClFNO3/c16-11-3-1-4-12(17)10(11)7-14(20)18-8-13(19)15(9-18)5-2-6-21-15/h1,3-4,13,19H,2,5-9H2/t13-,15-/m0/s1. The van der Waals surface area contributed by atoms with Crippen LogP contribution in [-0.4, -0.2) is 47.3 Å². The van der Waals surface area contributed by atoms with Crippen molar-refractivity contribution < 1.29 is 19.0 Å². The number of ether oxygens (including phenoxy) is 1. The first-order valence-electron chi connectivity index (χ1n) is 7.04. The topological polar surface area (TPSA) is 49.8 Å². The Morgan fingerprint density at radius 2 is 2.38 bits per heavy atom. The van der Waals surface area contributed by atoms with Crippen molar-refractivity contribution in [1.29, 1.82) is 0 Å². The van der Waals surface area contributed by atoms with Crippen molar-refractivity contribution in [3.63, 3.8) is 0 Å². The summed E-state index contributed by atoms with van der Waals surface area (Å²) in [6.45, 7) is 1.20. The summed E-state index contributed by atoms with van der Waals surface area (Å²) < 4.78 is 19.4. The molecule has 1 aromatic rings. The number of amides is 1. The van der Waals surface area contributed by atoms with E-state index in [1.165, 1.54) is 12.1 Å². The van der Waals surface area contributed by atoms with Crippen LogP contribution in [0.1, 0.15) is 18.4 Å². The minimum Gasteiger partial charge on any atom is -0.388 e. The van der Waals surface area contributed by atoms with Crippen molar-refractivity contribution in [2.24, 2.45) is 0 Å². The van der Waals surface area contributed by atoms with E-state index < -0.39 is 17.5 Å². The summed E-state index contributed by atoms with van der Waals surface area (Å²) in [6, 6.07) is 4.36. The number of hydrogen-bond acceptors (Lipinski definition) is 3. The highest BCUT2D eigenvalue weighted by Gasteiger charge is 2.50. The van der Waals surface area contributed by atoms with Crippen molar-refractivity contribution in [3.05, 3.63) is 34.6 Å². The molecule has 2 atom stereocenters. The molecule has 1 amide bonds. The molecule has 0 radical (unpaired) electrons. The van der Waals surface area contributed by atoms with Crippen LogP contribution in [0.25, 0.3) is 0 Å². The van der Waals surface area contributed by atoms with Gasteiger partial charge in [0.2, 0.25) is 5.91 Å². The first kappa shape index (κ1) is 14.8. The Bertz CT molecular complexity index is 540. The van der Waals surface area contributed by atoms with Crippen molar-refractivity contribution in [1.82, 2.24) is 4.90 Å². The minimum atomic E-state index is -0.681. The van der Waals surface area contributed by atoms with Crippen LogP contribution in [0.5, 0.6) is 0 Å². The van der Waals surface area contributed by atoms with Gasteiger partial charge in [0.05, 0.1) is 13.0 Å². The van der Waals surface area contributed by atoms with Crippen LogP contribution in [0, 0.1) is 5.82 Å². The predicted molar refractivity (Wildman–Crippen MR) is 75.6 cm³/mol. The zero-order chi connectivity index (χ0) is 15.0. The Morgan fingerprint density at radius 1 is 1.57 bits per heavy atom. The molecule has 1 aromatic carbocycles. The molecule has 2 aliphatic heterocycles. The van der Waals surface area contributed by atoms with E-state index in [1.54, 1.807) is 11.0 Å². The lowest BCUT2D eigenvalue weighted by molar-refractivity contribution is -0.130. The lowest BCUT2D eigenvalue weighted by Crippen LogP contribution is -2.41. The number of halogens is 2. The largest absolute Gasteiger partial charge is 0.388 e. The number of β-amino-alcohol motifs (C(OH)–C–C–N with tert-alkyl or cyclic N) is 1. The fourth-order valence-electron chi connectivity index (χ4n) is 3.13. The van der Waals surface area contributed by atoms with Gasteiger partial charge in [-0.1, -0.05) is 17.7 Å². The van der Waals surface area contributed by atoms with Crippen molar-refractivity contribution in [2.75, 3.05) is 19.7 Å². The average Bonchev–Trinajstić information content (AvgIpc) is 3.04. The molecule has 2 heterocycles. The zero-order valence-corrected chi connectivity index (χ0v) is 12.3. The number of rotatable bonds is 2. The monoisotopic (exact) mass is 313 g/mol. The number of carbonyl (C=O) groups is 1. The van der Waals surface area contributed by atoms with E-state index in [2.05, 4.69) is 0 Å². The zero-order valence-electron chi connectivity index (χ0n) is 11.5. The predicted octanol–water partition coefficient (Wildman–Crippen LogP) is 1.77. The normalized spacial score (nSPS) is 28.5. The first-order chi connectivity index (χ1) is 10.0. The number of likely N-dealkylation sites (tertiary alicyclic amines) is 1. The van der Waals surface area contributed by atoms with E-state index in [0.717, 1.165) is 12.8 Å². The van der Waals surface area contributed by atoms with Gasteiger partial charge in [0.15, 0.2) is 0 Å². The maximum atomic E-state index is 13.7. The molecule has 2 fully saturated rings. The molecule has 0 unspecified atom stereocenters. The van der Waals surface area contributed by atoms with Crippen LogP contribution in [0.4, 0.5) is 4.39 Å². The smallest absolute Gasteiger partial charge is 0.227 e. The van der Waals surface area contributed by atoms with Crippen LogP contribution in [0.3, 0.4) is 0 Å². The van der Waals surface area contributed by atoms with Gasteiger partial charge in [0.1, 0.15) is 17.5 Å². The minimum absolute atomic E-state index is 0.103. The van der Waals surface area contributed by atoms with Crippen molar-refractivity contribution in [3.8, 4) is 0 Å². The van der Waals surface area contributed by atoms with E-state index in [9.17, 15) is 14.3 Å². The summed E-state index contributed by atoms with van der Waals surface area (Å²) in [7, 11) is 0. The number of carbonyl (C=O) groups excluding carboxylic acids is 1. The van der Waals surface area contributed by atoms with Gasteiger partial charge in [-0.2, -0.15) is 0 Å². The van der Waals surface area contributed by atoms with E-state index in [0.29, 0.717) is 13.2 Å². The second-order valence-electron chi connectivity index (χ2n) is 5.68. The van der Waals surface area contributed by atoms with Crippen LogP contribution in [-0.2, 0) is 16.0 Å². The van der Waals surface area contributed by atoms with Gasteiger partial charge in [-0.25, -0.2) is 4.39 Å². The van der Waals surface area contributed by atoms with Gasteiger partial charge < -0.3 is 14.7 Å². The highest BCUT2D eigenvalue weighted by Crippen LogP contribution is 2.35. The maximum absolute atomic E-state index is 13.7. The Labute approximate surface area is 127 Å². The van der Waals surface area contributed by atoms with Gasteiger partial charge in [-0.05, 0) is 25.0 Å². The first-order valence-corrected chi connectivity index (χ1v) is 7.42. The fourth-order valence-corrected chi connectivity index (χ4v) is 3.36. The maximum Gasteiger partial charge on any atom is 0.227 e. The Balaban J connectivity index is 1.72. The van der Waals surface area contributed by atoms with Gasteiger partial charge in [0, 0.05) is 23.7 Å². The average molecular weight is 314 g/mol. The molecule has 0 saturated carbocycles. The van der Waals surface area contributed by atoms with Crippen LogP contribution in [0.15, 0.2) is 18.2 Å². The summed E-state index contributed by atoms with van der Waals surface area (Å²) in [5.74, 6) is -0.726. The molecule has 6 heteroatoms. The van der Waals surface area contributed by atoms with Crippen molar-refractivity contribution in [2.45, 2.75) is 31.0 Å². The molecule has 0 aliphatic carbocycles. The molecular formula is C15H17ClFNO3. The van der Waals surface area contributed by atoms with Gasteiger partial charge in [0.25, 0.3) is 0 Å². The van der Waals surface area contributed by atoms with E-state index >= 15 is 0 Å². The molecule has 2 aliphatic rings. The van der Waals surface area contributed by atoms with Gasteiger partial charge in [-0.15, -0.1) is 0 Å². The highest BCUT2D eigenvalue weighted by atomic mass is 35.5. The fraction of sp³-hybridized carbons (Fsp3) is 0.533. The SMILES string of the molecule is O=C(Cc1c(F)cccc1Cl)N1C[C@H](O)[C@]2(CCCO2)C1. The van der Waals surface area contributed by atoms with Crippen LogP contribution in [0.2, 0.25) is 5.02 Å². The number of aliphatic hydroxyl groups excluding tert-OH is 1. The molecule has 1 N–H and O–H groups in total. The summed E-state index contributed by atoms with van der Waals surface area (Å²) in [5, 5.41) is 10.4. The molecule has 21 heavy (non-hydrogen) atoms. The van der Waals surface area contributed by atoms with Gasteiger partial charge in [-0.3, -0.25) is 4.79 Å². The molecule has 4 nitrogen and oxygen atoms in total. The Morgan fingerprint density at radius 3 is 3.05 bits per heavy atom. The van der Waals surface area contributed by atoms with Crippen LogP contribution < -0.4 is 0 Å². The third-order valence-corrected chi connectivity index (χ3v) is 4.69. The highest BCUT2D eigenvalue weighted by molar-refractivity contribution is 6.31. The molecule has 1 spiro atoms. The van der Waals surface area contributed by atoms with E-state index in [4.69, 9.17) is 16.3 Å². The summed E-state index contributed by atoms with van der Waals surface area (Å²) in [6.07, 6.45) is 0.852. The molecular weight excluding hydrogens is 297 g/mol. The molecule has 0 aromatic heterocycles.